The van der Waals surface area contributed by atoms with Gasteiger partial charge in [0.1, 0.15) is 0 Å². The summed E-state index contributed by atoms with van der Waals surface area (Å²) in [5.74, 6) is -2.83. The third-order valence-corrected chi connectivity index (χ3v) is 4.67. The van der Waals surface area contributed by atoms with Crippen molar-refractivity contribution in [3.05, 3.63) is 35.2 Å². The van der Waals surface area contributed by atoms with E-state index in [-0.39, 0.29) is 24.3 Å². The number of halogens is 2. The fourth-order valence-corrected chi connectivity index (χ4v) is 3.19. The van der Waals surface area contributed by atoms with E-state index < -0.39 is 11.6 Å². The first-order valence-corrected chi connectivity index (χ1v) is 9.23. The molecule has 1 amide bonds. The molecule has 0 spiro atoms. The third-order valence-electron chi connectivity index (χ3n) is 3.92. The molecule has 1 aromatic heterocycles. The van der Waals surface area contributed by atoms with Gasteiger partial charge in [0.05, 0.1) is 25.3 Å². The van der Waals surface area contributed by atoms with E-state index in [0.717, 1.165) is 12.1 Å². The molecule has 9 heteroatoms. The average Bonchev–Trinajstić information content (AvgIpc) is 3.10. The van der Waals surface area contributed by atoms with Crippen molar-refractivity contribution < 1.29 is 23.1 Å². The lowest BCUT2D eigenvalue weighted by Gasteiger charge is -2.22. The van der Waals surface area contributed by atoms with Crippen LogP contribution in [-0.2, 0) is 14.3 Å². The second-order valence-electron chi connectivity index (χ2n) is 5.97. The predicted octanol–water partition coefficient (Wildman–Crippen LogP) is 3.16. The molecule has 2 rings (SSSR count). The largest absolute Gasteiger partial charge is 0.469 e. The van der Waals surface area contributed by atoms with Crippen LogP contribution in [0, 0.1) is 17.6 Å². The normalized spacial score (nSPS) is 12.1. The molecule has 1 heterocycles. The topological polar surface area (TPSA) is 71.5 Å². The summed E-state index contributed by atoms with van der Waals surface area (Å²) in [6.45, 7) is 4.71. The summed E-state index contributed by atoms with van der Waals surface area (Å²) < 4.78 is 31.1. The van der Waals surface area contributed by atoms with E-state index >= 15 is 0 Å². The van der Waals surface area contributed by atoms with Gasteiger partial charge in [-0.05, 0) is 24.7 Å². The summed E-state index contributed by atoms with van der Waals surface area (Å²) in [4.78, 5) is 29.8. The number of rotatable bonds is 8. The van der Waals surface area contributed by atoms with Crippen molar-refractivity contribution >= 4 is 28.3 Å². The molecule has 0 saturated heterocycles. The second-order valence-corrected chi connectivity index (χ2v) is 6.83. The van der Waals surface area contributed by atoms with Crippen LogP contribution >= 0.6 is 11.3 Å². The van der Waals surface area contributed by atoms with Crippen LogP contribution in [0.15, 0.2) is 23.6 Å². The zero-order valence-corrected chi connectivity index (χ0v) is 16.1. The van der Waals surface area contributed by atoms with E-state index in [1.165, 1.54) is 24.5 Å². The Balaban J connectivity index is 1.96. The van der Waals surface area contributed by atoms with Crippen LogP contribution in [0.2, 0.25) is 0 Å². The molecular weight excluding hydrogens is 376 g/mol. The first-order valence-electron chi connectivity index (χ1n) is 8.35. The highest BCUT2D eigenvalue weighted by Crippen LogP contribution is 2.26. The number of amides is 1. The fourth-order valence-electron chi connectivity index (χ4n) is 2.45. The predicted molar refractivity (Wildman–Crippen MR) is 99.4 cm³/mol. The van der Waals surface area contributed by atoms with Crippen molar-refractivity contribution in [3.63, 3.8) is 0 Å². The van der Waals surface area contributed by atoms with Crippen molar-refractivity contribution in [1.82, 2.24) is 9.88 Å². The van der Waals surface area contributed by atoms with E-state index in [1.54, 1.807) is 12.3 Å². The van der Waals surface area contributed by atoms with Crippen LogP contribution in [0.4, 0.5) is 13.9 Å². The number of methoxy groups -OCH3 is 1. The quantitative estimate of drug-likeness (QED) is 0.693. The molecule has 1 atom stereocenters. The molecule has 0 fully saturated rings. The molecule has 0 aliphatic carbocycles. The average molecular weight is 397 g/mol. The Hall–Kier alpha value is -2.39. The van der Waals surface area contributed by atoms with Gasteiger partial charge in [-0.3, -0.25) is 14.5 Å². The number of nitrogens with zero attached hydrogens (tertiary/aromatic N) is 2. The molecule has 1 unspecified atom stereocenters. The van der Waals surface area contributed by atoms with Gasteiger partial charge < -0.3 is 10.1 Å². The number of hydrogen-bond donors (Lipinski definition) is 1. The Morgan fingerprint density at radius 3 is 2.70 bits per heavy atom. The number of thiazole rings is 1. The summed E-state index contributed by atoms with van der Waals surface area (Å²) in [5, 5.41) is 4.69. The summed E-state index contributed by atoms with van der Waals surface area (Å²) in [6.07, 6.45) is 0. The molecular formula is C18H21F2N3O3S. The number of anilines is 1. The van der Waals surface area contributed by atoms with Crippen molar-refractivity contribution in [1.29, 1.82) is 0 Å². The maximum atomic E-state index is 13.3. The number of esters is 1. The lowest BCUT2D eigenvalue weighted by atomic mass is 10.1. The number of carbonyl (C=O) groups excluding carboxylic acids is 2. The number of likely N-dealkylation sites (N-methyl/N-ethyl adjacent to an activating group) is 1. The minimum absolute atomic E-state index is 0.0952. The molecule has 0 saturated carbocycles. The zero-order valence-electron chi connectivity index (χ0n) is 15.3. The first-order chi connectivity index (χ1) is 12.8. The van der Waals surface area contributed by atoms with Crippen LogP contribution in [-0.4, -0.2) is 48.5 Å². The van der Waals surface area contributed by atoms with Crippen LogP contribution in [0.25, 0.3) is 11.3 Å². The molecule has 1 N–H and O–H groups in total. The van der Waals surface area contributed by atoms with Gasteiger partial charge >= 0.3 is 5.97 Å². The van der Waals surface area contributed by atoms with Gasteiger partial charge in [0.2, 0.25) is 5.91 Å². The van der Waals surface area contributed by atoms with E-state index in [4.69, 9.17) is 4.74 Å². The Bertz CT molecular complexity index is 813. The molecule has 0 radical (unpaired) electrons. The van der Waals surface area contributed by atoms with Crippen LogP contribution in [0.1, 0.15) is 13.8 Å². The standard InChI is InChI=1S/C18H21F2N3O3S/c1-4-23(8-11(2)17(25)26-3)9-16(24)22-18-21-15(10-27-18)12-5-6-13(19)14(20)7-12/h5-7,10-11H,4,8-9H2,1-3H3,(H,21,22,24). The van der Waals surface area contributed by atoms with Gasteiger partial charge in [-0.25, -0.2) is 13.8 Å². The summed E-state index contributed by atoms with van der Waals surface area (Å²) in [7, 11) is 1.33. The van der Waals surface area contributed by atoms with Crippen LogP contribution in [0.5, 0.6) is 0 Å². The maximum absolute atomic E-state index is 13.3. The van der Waals surface area contributed by atoms with Crippen molar-refractivity contribution in [2.75, 3.05) is 32.1 Å². The number of benzene rings is 1. The number of aromatic nitrogens is 1. The lowest BCUT2D eigenvalue weighted by Crippen LogP contribution is -2.38. The minimum Gasteiger partial charge on any atom is -0.469 e. The van der Waals surface area contributed by atoms with Crippen molar-refractivity contribution in [2.45, 2.75) is 13.8 Å². The smallest absolute Gasteiger partial charge is 0.309 e. The lowest BCUT2D eigenvalue weighted by molar-refractivity contribution is -0.145. The number of hydrogen-bond acceptors (Lipinski definition) is 6. The van der Waals surface area contributed by atoms with Gasteiger partial charge in [0.15, 0.2) is 16.8 Å². The van der Waals surface area contributed by atoms with Gasteiger partial charge in [0, 0.05) is 17.5 Å². The highest BCUT2D eigenvalue weighted by Gasteiger charge is 2.19. The molecule has 6 nitrogen and oxygen atoms in total. The van der Waals surface area contributed by atoms with Crippen LogP contribution < -0.4 is 5.32 Å². The van der Waals surface area contributed by atoms with Crippen molar-refractivity contribution in [3.8, 4) is 11.3 Å². The molecule has 2 aromatic rings. The highest BCUT2D eigenvalue weighted by atomic mass is 32.1. The molecule has 27 heavy (non-hydrogen) atoms. The molecule has 1 aromatic carbocycles. The first kappa shape index (κ1) is 20.9. The molecule has 0 aliphatic rings. The molecule has 0 bridgehead atoms. The van der Waals surface area contributed by atoms with E-state index in [1.807, 2.05) is 11.8 Å². The van der Waals surface area contributed by atoms with Crippen LogP contribution in [0.3, 0.4) is 0 Å². The number of carbonyl (C=O) groups is 2. The highest BCUT2D eigenvalue weighted by molar-refractivity contribution is 7.14. The fraction of sp³-hybridized carbons (Fsp3) is 0.389. The van der Waals surface area contributed by atoms with Gasteiger partial charge in [-0.1, -0.05) is 13.8 Å². The Morgan fingerprint density at radius 1 is 1.33 bits per heavy atom. The van der Waals surface area contributed by atoms with Gasteiger partial charge in [-0.15, -0.1) is 11.3 Å². The third kappa shape index (κ3) is 5.80. The second kappa shape index (κ2) is 9.52. The number of nitrogens with one attached hydrogen (secondary N) is 1. The summed E-state index contributed by atoms with van der Waals surface area (Å²) >= 11 is 1.19. The van der Waals surface area contributed by atoms with E-state index in [9.17, 15) is 18.4 Å². The Labute approximate surface area is 160 Å². The van der Waals surface area contributed by atoms with E-state index in [0.29, 0.717) is 29.5 Å². The molecule has 146 valence electrons. The maximum Gasteiger partial charge on any atom is 0.309 e. The van der Waals surface area contributed by atoms with Gasteiger partial charge in [-0.2, -0.15) is 0 Å². The Kier molecular flexibility index (Phi) is 7.37. The molecule has 0 aliphatic heterocycles. The monoisotopic (exact) mass is 397 g/mol. The number of ether oxygens (including phenoxy) is 1. The SMILES string of the molecule is CCN(CC(=O)Nc1nc(-c2ccc(F)c(F)c2)cs1)CC(C)C(=O)OC. The zero-order chi connectivity index (χ0) is 20.0. The van der Waals surface area contributed by atoms with Crippen molar-refractivity contribution in [2.24, 2.45) is 5.92 Å². The summed E-state index contributed by atoms with van der Waals surface area (Å²) in [5.41, 5.74) is 0.869. The Morgan fingerprint density at radius 2 is 2.07 bits per heavy atom. The van der Waals surface area contributed by atoms with E-state index in [2.05, 4.69) is 10.3 Å². The minimum atomic E-state index is -0.954. The summed E-state index contributed by atoms with van der Waals surface area (Å²) in [6, 6.07) is 3.51. The van der Waals surface area contributed by atoms with Gasteiger partial charge in [0.25, 0.3) is 0 Å².